The Labute approximate surface area is 105 Å². The lowest BCUT2D eigenvalue weighted by atomic mass is 10.0. The van der Waals surface area contributed by atoms with Gasteiger partial charge in [-0.1, -0.05) is 13.8 Å². The number of nitrogens with one attached hydrogen (secondary N) is 1. The summed E-state index contributed by atoms with van der Waals surface area (Å²) in [6.45, 7) is 8.28. The maximum Gasteiger partial charge on any atom is 0.211 e. The fourth-order valence-corrected chi connectivity index (χ4v) is 3.19. The largest absolute Gasteiger partial charge is 0.318 e. The number of rotatable bonds is 5. The molecule has 0 spiro atoms. The molecule has 1 saturated heterocycles. The molecule has 1 fully saturated rings. The number of hydrogen-bond acceptors (Lipinski definition) is 4. The van der Waals surface area contributed by atoms with E-state index in [-0.39, 0.29) is 0 Å². The molecule has 0 amide bonds. The van der Waals surface area contributed by atoms with Gasteiger partial charge in [-0.25, -0.2) is 8.42 Å². The first kappa shape index (κ1) is 14.9. The maximum absolute atomic E-state index is 11.4. The molecule has 0 aromatic carbocycles. The van der Waals surface area contributed by atoms with Gasteiger partial charge in [-0.05, 0) is 13.0 Å². The fraction of sp³-hybridized carbons (Fsp3) is 1.00. The molecule has 6 heteroatoms. The summed E-state index contributed by atoms with van der Waals surface area (Å²) in [7, 11) is -1.06. The van der Waals surface area contributed by atoms with E-state index in [1.807, 2.05) is 7.05 Å². The van der Waals surface area contributed by atoms with Crippen molar-refractivity contribution in [3.05, 3.63) is 0 Å². The molecule has 1 rings (SSSR count). The van der Waals surface area contributed by atoms with Crippen molar-refractivity contribution in [1.29, 1.82) is 0 Å². The standard InChI is InChI=1S/C11H25N3O2S/c1-10(2)11(9-12-3)13-5-7-14(8-6-13)17(4,15)16/h10-12H,5-9H2,1-4H3. The van der Waals surface area contributed by atoms with Gasteiger partial charge in [0.1, 0.15) is 0 Å². The predicted octanol–water partition coefficient (Wildman–Crippen LogP) is -0.192. The third-order valence-corrected chi connectivity index (χ3v) is 4.70. The van der Waals surface area contributed by atoms with Crippen LogP contribution in [0.25, 0.3) is 0 Å². The van der Waals surface area contributed by atoms with E-state index in [9.17, 15) is 8.42 Å². The minimum atomic E-state index is -3.02. The lowest BCUT2D eigenvalue weighted by molar-refractivity contribution is 0.109. The van der Waals surface area contributed by atoms with Crippen molar-refractivity contribution in [3.8, 4) is 0 Å². The molecule has 0 aromatic rings. The highest BCUT2D eigenvalue weighted by molar-refractivity contribution is 7.88. The monoisotopic (exact) mass is 263 g/mol. The average Bonchev–Trinajstić information content (AvgIpc) is 2.24. The molecular weight excluding hydrogens is 238 g/mol. The summed E-state index contributed by atoms with van der Waals surface area (Å²) in [6.07, 6.45) is 1.29. The van der Waals surface area contributed by atoms with E-state index >= 15 is 0 Å². The number of hydrogen-bond donors (Lipinski definition) is 1. The van der Waals surface area contributed by atoms with Crippen LogP contribution in [0.1, 0.15) is 13.8 Å². The third kappa shape index (κ3) is 4.21. The van der Waals surface area contributed by atoms with Crippen LogP contribution in [0.5, 0.6) is 0 Å². The molecular formula is C11H25N3O2S. The van der Waals surface area contributed by atoms with E-state index in [0.29, 0.717) is 25.0 Å². The number of piperazine rings is 1. The summed E-state index contributed by atoms with van der Waals surface area (Å²) in [5.41, 5.74) is 0. The molecule has 1 unspecified atom stereocenters. The van der Waals surface area contributed by atoms with Crippen molar-refractivity contribution in [2.45, 2.75) is 19.9 Å². The van der Waals surface area contributed by atoms with Crippen LogP contribution in [-0.2, 0) is 10.0 Å². The second kappa shape index (κ2) is 6.13. The van der Waals surface area contributed by atoms with Crippen molar-refractivity contribution in [3.63, 3.8) is 0 Å². The van der Waals surface area contributed by atoms with Gasteiger partial charge in [0.25, 0.3) is 0 Å². The zero-order valence-corrected chi connectivity index (χ0v) is 12.1. The number of likely N-dealkylation sites (N-methyl/N-ethyl adjacent to an activating group) is 1. The Morgan fingerprint density at radius 3 is 2.06 bits per heavy atom. The topological polar surface area (TPSA) is 52.6 Å². The first-order chi connectivity index (χ1) is 7.86. The Hall–Kier alpha value is -0.170. The van der Waals surface area contributed by atoms with Gasteiger partial charge in [0.2, 0.25) is 10.0 Å². The first-order valence-electron chi connectivity index (χ1n) is 6.20. The molecule has 1 atom stereocenters. The van der Waals surface area contributed by atoms with Gasteiger partial charge in [0.05, 0.1) is 6.26 Å². The summed E-state index contributed by atoms with van der Waals surface area (Å²) in [5.74, 6) is 0.576. The molecule has 0 aromatic heterocycles. The summed E-state index contributed by atoms with van der Waals surface area (Å²) >= 11 is 0. The van der Waals surface area contributed by atoms with Crippen molar-refractivity contribution in [2.24, 2.45) is 5.92 Å². The highest BCUT2D eigenvalue weighted by Crippen LogP contribution is 2.14. The van der Waals surface area contributed by atoms with Gasteiger partial charge in [-0.3, -0.25) is 4.90 Å². The van der Waals surface area contributed by atoms with Crippen molar-refractivity contribution in [1.82, 2.24) is 14.5 Å². The van der Waals surface area contributed by atoms with Gasteiger partial charge >= 0.3 is 0 Å². The molecule has 0 bridgehead atoms. The molecule has 0 radical (unpaired) electrons. The molecule has 1 N–H and O–H groups in total. The zero-order valence-electron chi connectivity index (χ0n) is 11.3. The highest BCUT2D eigenvalue weighted by Gasteiger charge is 2.28. The van der Waals surface area contributed by atoms with Crippen molar-refractivity contribution in [2.75, 3.05) is 46.0 Å². The van der Waals surface area contributed by atoms with E-state index in [2.05, 4.69) is 24.1 Å². The molecule has 1 aliphatic rings. The number of sulfonamides is 1. The third-order valence-electron chi connectivity index (χ3n) is 3.39. The van der Waals surface area contributed by atoms with Crippen LogP contribution in [0.3, 0.4) is 0 Å². The van der Waals surface area contributed by atoms with Crippen LogP contribution >= 0.6 is 0 Å². The average molecular weight is 263 g/mol. The lowest BCUT2D eigenvalue weighted by Crippen LogP contribution is -2.55. The quantitative estimate of drug-likeness (QED) is 0.747. The summed E-state index contributed by atoms with van der Waals surface area (Å²) < 4.78 is 24.4. The van der Waals surface area contributed by atoms with E-state index in [0.717, 1.165) is 19.6 Å². The SMILES string of the molecule is CNCC(C(C)C)N1CCN(S(C)(=O)=O)CC1. The van der Waals surface area contributed by atoms with Gasteiger partial charge in [0, 0.05) is 38.8 Å². The lowest BCUT2D eigenvalue weighted by Gasteiger charge is -2.40. The van der Waals surface area contributed by atoms with Crippen LogP contribution < -0.4 is 5.32 Å². The zero-order chi connectivity index (χ0) is 13.1. The molecule has 0 aliphatic carbocycles. The molecule has 5 nitrogen and oxygen atoms in total. The molecule has 102 valence electrons. The fourth-order valence-electron chi connectivity index (χ4n) is 2.36. The van der Waals surface area contributed by atoms with Gasteiger partial charge in [-0.2, -0.15) is 4.31 Å². The first-order valence-corrected chi connectivity index (χ1v) is 8.05. The molecule has 0 saturated carbocycles. The Kier molecular flexibility index (Phi) is 5.37. The summed E-state index contributed by atoms with van der Waals surface area (Å²) in [4.78, 5) is 2.39. The molecule has 1 heterocycles. The van der Waals surface area contributed by atoms with E-state index in [1.165, 1.54) is 6.26 Å². The van der Waals surface area contributed by atoms with Gasteiger partial charge < -0.3 is 5.32 Å². The Morgan fingerprint density at radius 1 is 1.18 bits per heavy atom. The van der Waals surface area contributed by atoms with E-state index in [1.54, 1.807) is 4.31 Å². The van der Waals surface area contributed by atoms with E-state index in [4.69, 9.17) is 0 Å². The minimum absolute atomic E-state index is 0.488. The summed E-state index contributed by atoms with van der Waals surface area (Å²) in [6, 6.07) is 0.488. The molecule has 1 aliphatic heterocycles. The second-order valence-corrected chi connectivity index (χ2v) is 7.05. The van der Waals surface area contributed by atoms with Crippen molar-refractivity contribution >= 4 is 10.0 Å². The highest BCUT2D eigenvalue weighted by atomic mass is 32.2. The maximum atomic E-state index is 11.4. The van der Waals surface area contributed by atoms with Gasteiger partial charge in [-0.15, -0.1) is 0 Å². The van der Waals surface area contributed by atoms with E-state index < -0.39 is 10.0 Å². The Bertz CT molecular complexity index is 322. The molecule has 17 heavy (non-hydrogen) atoms. The normalized spacial score (nSPS) is 21.9. The predicted molar refractivity (Wildman–Crippen MR) is 70.5 cm³/mol. The summed E-state index contributed by atoms with van der Waals surface area (Å²) in [5, 5.41) is 3.21. The van der Waals surface area contributed by atoms with Gasteiger partial charge in [0.15, 0.2) is 0 Å². The Balaban J connectivity index is 2.55. The van der Waals surface area contributed by atoms with Crippen LogP contribution in [0.4, 0.5) is 0 Å². The number of nitrogens with zero attached hydrogens (tertiary/aromatic N) is 2. The van der Waals surface area contributed by atoms with Crippen LogP contribution in [-0.4, -0.2) is 69.7 Å². The van der Waals surface area contributed by atoms with Crippen LogP contribution in [0.15, 0.2) is 0 Å². The minimum Gasteiger partial charge on any atom is -0.318 e. The Morgan fingerprint density at radius 2 is 1.71 bits per heavy atom. The second-order valence-electron chi connectivity index (χ2n) is 5.07. The van der Waals surface area contributed by atoms with Crippen molar-refractivity contribution < 1.29 is 8.42 Å². The van der Waals surface area contributed by atoms with Crippen LogP contribution in [0.2, 0.25) is 0 Å². The van der Waals surface area contributed by atoms with Crippen LogP contribution in [0, 0.1) is 5.92 Å². The smallest absolute Gasteiger partial charge is 0.211 e.